The van der Waals surface area contributed by atoms with Crippen LogP contribution in [0.15, 0.2) is 51.9 Å². The number of benzene rings is 2. The molecule has 164 valence electrons. The molecule has 0 saturated heterocycles. The van der Waals surface area contributed by atoms with Gasteiger partial charge in [-0.25, -0.2) is 4.68 Å². The Hall–Kier alpha value is -3.26. The van der Waals surface area contributed by atoms with E-state index in [0.29, 0.717) is 18.0 Å². The van der Waals surface area contributed by atoms with Crippen molar-refractivity contribution in [1.29, 1.82) is 0 Å². The van der Waals surface area contributed by atoms with Crippen LogP contribution in [0.2, 0.25) is 0 Å². The molecule has 0 unspecified atom stereocenters. The minimum absolute atomic E-state index is 0.651. The van der Waals surface area contributed by atoms with Crippen molar-refractivity contribution >= 4 is 17.0 Å². The fourth-order valence-electron chi connectivity index (χ4n) is 3.11. The van der Waals surface area contributed by atoms with E-state index < -0.39 is 0 Å². The molecule has 8 heteroatoms. The molecular formula is C23H27N3O4S. The van der Waals surface area contributed by atoms with E-state index in [9.17, 15) is 0 Å². The molecule has 0 atom stereocenters. The van der Waals surface area contributed by atoms with E-state index in [1.807, 2.05) is 60.3 Å². The zero-order valence-electron chi connectivity index (χ0n) is 18.6. The molecule has 0 saturated carbocycles. The monoisotopic (exact) mass is 441 g/mol. The van der Waals surface area contributed by atoms with Gasteiger partial charge in [-0.05, 0) is 50.2 Å². The predicted molar refractivity (Wildman–Crippen MR) is 124 cm³/mol. The number of aromatic nitrogens is 1. The second kappa shape index (κ2) is 10.2. The van der Waals surface area contributed by atoms with E-state index in [-0.39, 0.29) is 0 Å². The van der Waals surface area contributed by atoms with Gasteiger partial charge in [0.05, 0.1) is 39.8 Å². The summed E-state index contributed by atoms with van der Waals surface area (Å²) in [5.41, 5.74) is 3.47. The molecule has 0 amide bonds. The summed E-state index contributed by atoms with van der Waals surface area (Å²) < 4.78 is 23.6. The summed E-state index contributed by atoms with van der Waals surface area (Å²) in [6, 6.07) is 11.4. The average Bonchev–Trinajstić information content (AvgIpc) is 3.20. The van der Waals surface area contributed by atoms with Crippen molar-refractivity contribution in [3.05, 3.63) is 52.1 Å². The van der Waals surface area contributed by atoms with Crippen LogP contribution < -0.4 is 23.7 Å². The number of methoxy groups -OCH3 is 4. The van der Waals surface area contributed by atoms with Gasteiger partial charge in [0.25, 0.3) is 0 Å². The standard InChI is InChI=1S/C23H27N3O4S/c1-7-24-23-26(25-15(2)16-8-10-21(29-5)22(12-16)30-6)19(14-31-23)18-13-17(27-3)9-11-20(18)28-4/h8-14H,7H2,1-6H3. The fourth-order valence-corrected chi connectivity index (χ4v) is 3.99. The highest BCUT2D eigenvalue weighted by atomic mass is 32.1. The topological polar surface area (TPSA) is 66.6 Å². The summed E-state index contributed by atoms with van der Waals surface area (Å²) in [5.74, 6) is 2.79. The first kappa shape index (κ1) is 22.4. The van der Waals surface area contributed by atoms with Crippen molar-refractivity contribution in [3.8, 4) is 34.3 Å². The molecule has 7 nitrogen and oxygen atoms in total. The molecule has 0 N–H and O–H groups in total. The molecule has 0 aliphatic heterocycles. The minimum Gasteiger partial charge on any atom is -0.497 e. The Morgan fingerprint density at radius 1 is 0.903 bits per heavy atom. The summed E-state index contributed by atoms with van der Waals surface area (Å²) in [7, 11) is 6.53. The Morgan fingerprint density at radius 3 is 2.26 bits per heavy atom. The highest BCUT2D eigenvalue weighted by Crippen LogP contribution is 2.34. The second-order valence-electron chi connectivity index (χ2n) is 6.51. The number of hydrogen-bond acceptors (Lipinski definition) is 7. The van der Waals surface area contributed by atoms with Crippen LogP contribution in [0, 0.1) is 0 Å². The molecule has 0 radical (unpaired) electrons. The maximum absolute atomic E-state index is 5.60. The average molecular weight is 442 g/mol. The fraction of sp³-hybridized carbons (Fsp3) is 0.304. The minimum atomic E-state index is 0.651. The summed E-state index contributed by atoms with van der Waals surface area (Å²) in [6.45, 7) is 4.61. The number of hydrogen-bond donors (Lipinski definition) is 0. The van der Waals surface area contributed by atoms with E-state index in [2.05, 4.69) is 4.99 Å². The molecule has 0 fully saturated rings. The number of thiazole rings is 1. The van der Waals surface area contributed by atoms with Crippen LogP contribution in [0.5, 0.6) is 23.0 Å². The van der Waals surface area contributed by atoms with Crippen LogP contribution in [-0.2, 0) is 0 Å². The van der Waals surface area contributed by atoms with Crippen LogP contribution in [0.25, 0.3) is 11.3 Å². The van der Waals surface area contributed by atoms with Gasteiger partial charge in [-0.15, -0.1) is 11.3 Å². The lowest BCUT2D eigenvalue weighted by atomic mass is 10.1. The van der Waals surface area contributed by atoms with E-state index in [0.717, 1.165) is 38.8 Å². The molecule has 2 aromatic carbocycles. The lowest BCUT2D eigenvalue weighted by Crippen LogP contribution is -2.14. The third-order valence-corrected chi connectivity index (χ3v) is 5.57. The number of rotatable bonds is 8. The zero-order valence-corrected chi connectivity index (χ0v) is 19.4. The van der Waals surface area contributed by atoms with Crippen molar-refractivity contribution in [2.45, 2.75) is 13.8 Å². The Kier molecular flexibility index (Phi) is 7.36. The van der Waals surface area contributed by atoms with Crippen molar-refractivity contribution < 1.29 is 18.9 Å². The molecule has 1 aromatic heterocycles. The van der Waals surface area contributed by atoms with Crippen LogP contribution in [-0.4, -0.2) is 45.4 Å². The molecule has 3 aromatic rings. The Labute approximate surface area is 186 Å². The highest BCUT2D eigenvalue weighted by molar-refractivity contribution is 7.07. The smallest absolute Gasteiger partial charge is 0.206 e. The Morgan fingerprint density at radius 2 is 1.61 bits per heavy atom. The third kappa shape index (κ3) is 4.74. The zero-order chi connectivity index (χ0) is 22.4. The van der Waals surface area contributed by atoms with Gasteiger partial charge in [-0.1, -0.05) is 0 Å². The molecule has 0 spiro atoms. The molecular weight excluding hydrogens is 414 g/mol. The Balaban J connectivity index is 2.18. The van der Waals surface area contributed by atoms with E-state index >= 15 is 0 Å². The van der Waals surface area contributed by atoms with Gasteiger partial charge in [0, 0.05) is 23.1 Å². The molecule has 0 bridgehead atoms. The molecule has 0 aliphatic carbocycles. The SMILES string of the molecule is CCN=c1scc(-c2cc(OC)ccc2OC)n1N=C(C)c1ccc(OC)c(OC)c1. The highest BCUT2D eigenvalue weighted by Gasteiger charge is 2.15. The van der Waals surface area contributed by atoms with Crippen molar-refractivity contribution in [3.63, 3.8) is 0 Å². The maximum Gasteiger partial charge on any atom is 0.206 e. The van der Waals surface area contributed by atoms with Crippen molar-refractivity contribution in [1.82, 2.24) is 4.68 Å². The van der Waals surface area contributed by atoms with Crippen molar-refractivity contribution in [2.24, 2.45) is 10.1 Å². The molecule has 31 heavy (non-hydrogen) atoms. The summed E-state index contributed by atoms with van der Waals surface area (Å²) >= 11 is 1.53. The predicted octanol–water partition coefficient (Wildman–Crippen LogP) is 4.44. The van der Waals surface area contributed by atoms with E-state index in [4.69, 9.17) is 24.0 Å². The van der Waals surface area contributed by atoms with Gasteiger partial charge < -0.3 is 18.9 Å². The third-order valence-electron chi connectivity index (χ3n) is 4.71. The lowest BCUT2D eigenvalue weighted by molar-refractivity contribution is 0.355. The van der Waals surface area contributed by atoms with Crippen LogP contribution in [0.4, 0.5) is 0 Å². The number of ether oxygens (including phenoxy) is 4. The van der Waals surface area contributed by atoms with Gasteiger partial charge in [0.1, 0.15) is 11.5 Å². The lowest BCUT2D eigenvalue weighted by Gasteiger charge is -2.12. The quantitative estimate of drug-likeness (QED) is 0.485. The molecule has 3 rings (SSSR count). The summed E-state index contributed by atoms with van der Waals surface area (Å²) in [6.07, 6.45) is 0. The van der Waals surface area contributed by atoms with Crippen LogP contribution in [0.3, 0.4) is 0 Å². The first-order chi connectivity index (χ1) is 15.1. The maximum atomic E-state index is 5.60. The molecule has 0 aliphatic rings. The van der Waals surface area contributed by atoms with Gasteiger partial charge in [-0.3, -0.25) is 4.99 Å². The van der Waals surface area contributed by atoms with Gasteiger partial charge >= 0.3 is 0 Å². The van der Waals surface area contributed by atoms with Gasteiger partial charge in [-0.2, -0.15) is 5.10 Å². The molecule has 1 heterocycles. The largest absolute Gasteiger partial charge is 0.497 e. The van der Waals surface area contributed by atoms with Gasteiger partial charge in [0.15, 0.2) is 11.5 Å². The van der Waals surface area contributed by atoms with Gasteiger partial charge in [0.2, 0.25) is 4.80 Å². The van der Waals surface area contributed by atoms with E-state index in [1.54, 1.807) is 28.4 Å². The number of nitrogens with zero attached hydrogens (tertiary/aromatic N) is 3. The first-order valence-corrected chi connectivity index (χ1v) is 10.7. The Bertz CT molecular complexity index is 1150. The first-order valence-electron chi connectivity index (χ1n) is 9.77. The summed E-state index contributed by atoms with van der Waals surface area (Å²) in [5, 5.41) is 6.93. The normalized spacial score (nSPS) is 12.1. The van der Waals surface area contributed by atoms with Crippen LogP contribution in [0.1, 0.15) is 19.4 Å². The summed E-state index contributed by atoms with van der Waals surface area (Å²) in [4.78, 5) is 5.41. The van der Waals surface area contributed by atoms with Crippen LogP contribution >= 0.6 is 11.3 Å². The van der Waals surface area contributed by atoms with Crippen molar-refractivity contribution in [2.75, 3.05) is 35.0 Å². The second-order valence-corrected chi connectivity index (χ2v) is 7.35. The van der Waals surface area contributed by atoms with E-state index in [1.165, 1.54) is 11.3 Å².